The van der Waals surface area contributed by atoms with Crippen LogP contribution in [-0.4, -0.2) is 28.7 Å². The normalized spacial score (nSPS) is 14.1. The van der Waals surface area contributed by atoms with Gasteiger partial charge < -0.3 is 15.7 Å². The maximum Gasteiger partial charge on any atom is 0.326 e. The van der Waals surface area contributed by atoms with Gasteiger partial charge in [-0.1, -0.05) is 20.8 Å². The van der Waals surface area contributed by atoms with E-state index in [-0.39, 0.29) is 5.54 Å². The number of amides is 2. The minimum atomic E-state index is -1.03. The molecule has 0 aromatic heterocycles. The number of carbonyl (C=O) groups is 2. The van der Waals surface area contributed by atoms with E-state index in [1.165, 1.54) is 0 Å². The average molecular weight is 230 g/mol. The molecule has 0 aromatic carbocycles. The Hall–Kier alpha value is -1.26. The molecule has 94 valence electrons. The third-order valence-corrected chi connectivity index (χ3v) is 1.88. The lowest BCUT2D eigenvalue weighted by Crippen LogP contribution is -2.55. The molecule has 0 spiro atoms. The molecule has 3 N–H and O–H groups in total. The number of urea groups is 1. The molecular formula is C11H22N2O3. The van der Waals surface area contributed by atoms with E-state index in [0.29, 0.717) is 0 Å². The van der Waals surface area contributed by atoms with Crippen molar-refractivity contribution in [3.05, 3.63) is 0 Å². The molecular weight excluding hydrogens is 208 g/mol. The highest BCUT2D eigenvalue weighted by molar-refractivity contribution is 5.83. The predicted molar refractivity (Wildman–Crippen MR) is 62.3 cm³/mol. The Balaban J connectivity index is 4.56. The molecule has 0 aromatic rings. The van der Waals surface area contributed by atoms with Crippen molar-refractivity contribution in [3.8, 4) is 0 Å². The molecule has 16 heavy (non-hydrogen) atoms. The zero-order chi connectivity index (χ0) is 13.1. The number of hydrogen-bond acceptors (Lipinski definition) is 2. The zero-order valence-electron chi connectivity index (χ0n) is 10.8. The Bertz CT molecular complexity index is 274. The van der Waals surface area contributed by atoms with Crippen molar-refractivity contribution < 1.29 is 14.7 Å². The molecule has 1 unspecified atom stereocenters. The number of carboxylic acid groups (broad SMARTS) is 1. The summed E-state index contributed by atoms with van der Waals surface area (Å²) in [6.45, 7) is 10.8. The van der Waals surface area contributed by atoms with Crippen LogP contribution in [0.1, 0.15) is 41.5 Å². The largest absolute Gasteiger partial charge is 0.480 e. The van der Waals surface area contributed by atoms with Crippen LogP contribution in [0.5, 0.6) is 0 Å². The first kappa shape index (κ1) is 14.7. The van der Waals surface area contributed by atoms with Gasteiger partial charge in [0, 0.05) is 5.54 Å². The highest BCUT2D eigenvalue weighted by Crippen LogP contribution is 2.19. The second-order valence-corrected chi connectivity index (χ2v) is 5.99. The van der Waals surface area contributed by atoms with Crippen LogP contribution in [0.3, 0.4) is 0 Å². The molecule has 0 bridgehead atoms. The van der Waals surface area contributed by atoms with Crippen LogP contribution >= 0.6 is 0 Å². The minimum Gasteiger partial charge on any atom is -0.480 e. The highest BCUT2D eigenvalue weighted by Gasteiger charge is 2.33. The van der Waals surface area contributed by atoms with Gasteiger partial charge in [0.2, 0.25) is 0 Å². The quantitative estimate of drug-likeness (QED) is 0.674. The van der Waals surface area contributed by atoms with Gasteiger partial charge in [0.25, 0.3) is 0 Å². The van der Waals surface area contributed by atoms with E-state index < -0.39 is 23.5 Å². The first-order valence-electron chi connectivity index (χ1n) is 5.25. The Labute approximate surface area is 96.6 Å². The van der Waals surface area contributed by atoms with Gasteiger partial charge >= 0.3 is 12.0 Å². The van der Waals surface area contributed by atoms with Gasteiger partial charge in [-0.25, -0.2) is 9.59 Å². The Morgan fingerprint density at radius 3 is 1.75 bits per heavy atom. The van der Waals surface area contributed by atoms with Gasteiger partial charge in [-0.3, -0.25) is 0 Å². The topological polar surface area (TPSA) is 78.4 Å². The molecule has 5 heteroatoms. The van der Waals surface area contributed by atoms with Gasteiger partial charge in [0.05, 0.1) is 0 Å². The third-order valence-electron chi connectivity index (χ3n) is 1.88. The van der Waals surface area contributed by atoms with Crippen LogP contribution in [0, 0.1) is 5.41 Å². The van der Waals surface area contributed by atoms with Crippen molar-refractivity contribution in [1.82, 2.24) is 10.6 Å². The van der Waals surface area contributed by atoms with Gasteiger partial charge in [-0.15, -0.1) is 0 Å². The summed E-state index contributed by atoms with van der Waals surface area (Å²) in [5, 5.41) is 14.1. The molecule has 0 aliphatic heterocycles. The summed E-state index contributed by atoms with van der Waals surface area (Å²) < 4.78 is 0. The lowest BCUT2D eigenvalue weighted by molar-refractivity contribution is -0.141. The minimum absolute atomic E-state index is 0.384. The third kappa shape index (κ3) is 5.58. The fourth-order valence-corrected chi connectivity index (χ4v) is 1.16. The summed E-state index contributed by atoms with van der Waals surface area (Å²) in [6, 6.07) is -1.37. The molecule has 0 rings (SSSR count). The predicted octanol–water partition coefficient (Wildman–Crippen LogP) is 1.58. The number of carbonyl (C=O) groups excluding carboxylic acids is 1. The molecule has 0 radical (unpaired) electrons. The van der Waals surface area contributed by atoms with E-state index in [9.17, 15) is 9.59 Å². The van der Waals surface area contributed by atoms with Crippen LogP contribution in [-0.2, 0) is 4.79 Å². The van der Waals surface area contributed by atoms with Crippen molar-refractivity contribution in [2.24, 2.45) is 5.41 Å². The fourth-order valence-electron chi connectivity index (χ4n) is 1.16. The van der Waals surface area contributed by atoms with E-state index in [1.807, 2.05) is 20.8 Å². The number of rotatable bonds is 2. The van der Waals surface area contributed by atoms with Crippen LogP contribution in [0.4, 0.5) is 4.79 Å². The van der Waals surface area contributed by atoms with Gasteiger partial charge in [-0.05, 0) is 26.2 Å². The standard InChI is InChI=1S/C11H22N2O3/c1-10(2,3)7(8(14)15)12-9(16)13-11(4,5)6/h7H,1-6H3,(H,14,15)(H2,12,13,16). The summed E-state index contributed by atoms with van der Waals surface area (Å²) in [4.78, 5) is 22.5. The Morgan fingerprint density at radius 1 is 1.06 bits per heavy atom. The smallest absolute Gasteiger partial charge is 0.326 e. The SMILES string of the molecule is CC(C)(C)NC(=O)NC(C(=O)O)C(C)(C)C. The highest BCUT2D eigenvalue weighted by atomic mass is 16.4. The molecule has 0 saturated heterocycles. The summed E-state index contributed by atoms with van der Waals surface area (Å²) in [5.41, 5.74) is -0.911. The van der Waals surface area contributed by atoms with Crippen LogP contribution in [0.25, 0.3) is 0 Å². The first-order valence-corrected chi connectivity index (χ1v) is 5.25. The van der Waals surface area contributed by atoms with Gasteiger partial charge in [0.15, 0.2) is 0 Å². The first-order chi connectivity index (χ1) is 6.93. The zero-order valence-corrected chi connectivity index (χ0v) is 10.8. The van der Waals surface area contributed by atoms with Crippen molar-refractivity contribution in [1.29, 1.82) is 0 Å². The van der Waals surface area contributed by atoms with E-state index in [2.05, 4.69) is 10.6 Å². The summed E-state index contributed by atoms with van der Waals surface area (Å²) in [6.07, 6.45) is 0. The van der Waals surface area contributed by atoms with Crippen molar-refractivity contribution in [2.45, 2.75) is 53.1 Å². The summed E-state index contributed by atoms with van der Waals surface area (Å²) in [7, 11) is 0. The fraction of sp³-hybridized carbons (Fsp3) is 0.818. The second-order valence-electron chi connectivity index (χ2n) is 5.99. The Morgan fingerprint density at radius 2 is 1.50 bits per heavy atom. The van der Waals surface area contributed by atoms with Crippen molar-refractivity contribution >= 4 is 12.0 Å². The van der Waals surface area contributed by atoms with E-state index >= 15 is 0 Å². The summed E-state index contributed by atoms with van der Waals surface area (Å²) in [5.74, 6) is -1.03. The molecule has 5 nitrogen and oxygen atoms in total. The number of nitrogens with one attached hydrogen (secondary N) is 2. The second kappa shape index (κ2) is 4.72. The monoisotopic (exact) mass is 230 g/mol. The van der Waals surface area contributed by atoms with Crippen LogP contribution in [0.15, 0.2) is 0 Å². The van der Waals surface area contributed by atoms with Crippen LogP contribution < -0.4 is 10.6 Å². The molecule has 0 aliphatic rings. The average Bonchev–Trinajstić information content (AvgIpc) is 1.93. The van der Waals surface area contributed by atoms with E-state index in [0.717, 1.165) is 0 Å². The van der Waals surface area contributed by atoms with Gasteiger partial charge in [-0.2, -0.15) is 0 Å². The number of carboxylic acids is 1. The maximum absolute atomic E-state index is 11.5. The van der Waals surface area contributed by atoms with Crippen LogP contribution in [0.2, 0.25) is 0 Å². The number of aliphatic carboxylic acids is 1. The van der Waals surface area contributed by atoms with Gasteiger partial charge in [0.1, 0.15) is 6.04 Å². The van der Waals surface area contributed by atoms with E-state index in [4.69, 9.17) is 5.11 Å². The molecule has 0 saturated carbocycles. The maximum atomic E-state index is 11.5. The van der Waals surface area contributed by atoms with Crippen molar-refractivity contribution in [2.75, 3.05) is 0 Å². The lowest BCUT2D eigenvalue weighted by Gasteiger charge is -2.29. The number of hydrogen-bond donors (Lipinski definition) is 3. The summed E-state index contributed by atoms with van der Waals surface area (Å²) >= 11 is 0. The van der Waals surface area contributed by atoms with E-state index in [1.54, 1.807) is 20.8 Å². The lowest BCUT2D eigenvalue weighted by atomic mass is 9.87. The molecule has 2 amide bonds. The molecule has 0 heterocycles. The Kier molecular flexibility index (Phi) is 4.35. The molecule has 0 fully saturated rings. The molecule has 0 aliphatic carbocycles. The molecule has 1 atom stereocenters. The van der Waals surface area contributed by atoms with Crippen molar-refractivity contribution in [3.63, 3.8) is 0 Å².